The average Bonchev–Trinajstić information content (AvgIpc) is 3.38. The summed E-state index contributed by atoms with van der Waals surface area (Å²) in [6.45, 7) is 2.27. The van der Waals surface area contributed by atoms with Gasteiger partial charge in [0.2, 0.25) is 0 Å². The first-order chi connectivity index (χ1) is 13.6. The number of rotatable bonds is 5. The third kappa shape index (κ3) is 3.85. The average molecular weight is 412 g/mol. The van der Waals surface area contributed by atoms with Gasteiger partial charge in [0.1, 0.15) is 11.6 Å². The van der Waals surface area contributed by atoms with Gasteiger partial charge in [-0.3, -0.25) is 4.79 Å². The van der Waals surface area contributed by atoms with Crippen LogP contribution in [0.3, 0.4) is 0 Å². The third-order valence-corrected chi connectivity index (χ3v) is 6.64. The van der Waals surface area contributed by atoms with Gasteiger partial charge >= 0.3 is 5.97 Å². The van der Waals surface area contributed by atoms with Gasteiger partial charge in [-0.15, -0.1) is 11.3 Å². The highest BCUT2D eigenvalue weighted by Gasteiger charge is 2.44. The predicted octanol–water partition coefficient (Wildman–Crippen LogP) is 6.33. The molecule has 1 aromatic heterocycles. The molecule has 5 heteroatoms. The Labute approximate surface area is 174 Å². The van der Waals surface area contributed by atoms with Crippen LogP contribution >= 0.6 is 22.9 Å². The van der Waals surface area contributed by atoms with E-state index in [9.17, 15) is 4.79 Å². The summed E-state index contributed by atoms with van der Waals surface area (Å²) in [6, 6.07) is 15.9. The number of aromatic nitrogens is 1. The van der Waals surface area contributed by atoms with Crippen LogP contribution < -0.4 is 0 Å². The maximum absolute atomic E-state index is 13.1. The normalized spacial score (nSPS) is 15.5. The largest absolute Gasteiger partial charge is 0.458 e. The second kappa shape index (κ2) is 8.06. The van der Waals surface area contributed by atoms with Crippen LogP contribution in [0.15, 0.2) is 53.9 Å². The number of carbonyl (C=O) groups is 1. The van der Waals surface area contributed by atoms with Crippen molar-refractivity contribution < 1.29 is 9.53 Å². The Hall–Kier alpha value is -2.17. The second-order valence-corrected chi connectivity index (χ2v) is 8.68. The molecule has 0 saturated heterocycles. The van der Waals surface area contributed by atoms with Gasteiger partial charge < -0.3 is 4.74 Å². The maximum atomic E-state index is 13.1. The quantitative estimate of drug-likeness (QED) is 0.460. The zero-order chi connectivity index (χ0) is 19.6. The topological polar surface area (TPSA) is 39.2 Å². The molecule has 2 aromatic carbocycles. The van der Waals surface area contributed by atoms with Crippen molar-refractivity contribution in [2.24, 2.45) is 0 Å². The molecule has 3 nitrogen and oxygen atoms in total. The van der Waals surface area contributed by atoms with Crippen molar-refractivity contribution in [2.45, 2.75) is 44.6 Å². The minimum atomic E-state index is -0.555. The molecule has 0 atom stereocenters. The molecule has 1 aliphatic rings. The van der Waals surface area contributed by atoms with Gasteiger partial charge in [0.15, 0.2) is 0 Å². The number of carbonyl (C=O) groups excluding carboxylic acids is 1. The summed E-state index contributed by atoms with van der Waals surface area (Å²) in [7, 11) is 0. The van der Waals surface area contributed by atoms with Crippen LogP contribution in [0.2, 0.25) is 5.02 Å². The van der Waals surface area contributed by atoms with Crippen LogP contribution in [0.25, 0.3) is 10.6 Å². The van der Waals surface area contributed by atoms with Crippen LogP contribution in [0, 0.1) is 6.92 Å². The zero-order valence-corrected chi connectivity index (χ0v) is 17.4. The van der Waals surface area contributed by atoms with Gasteiger partial charge in [-0.25, -0.2) is 4.98 Å². The summed E-state index contributed by atoms with van der Waals surface area (Å²) >= 11 is 7.60. The maximum Gasteiger partial charge on any atom is 0.316 e. The zero-order valence-electron chi connectivity index (χ0n) is 15.8. The highest BCUT2D eigenvalue weighted by Crippen LogP contribution is 2.42. The fraction of sp³-hybridized carbons (Fsp3) is 0.304. The van der Waals surface area contributed by atoms with Crippen LogP contribution in [-0.2, 0) is 21.6 Å². The summed E-state index contributed by atoms with van der Waals surface area (Å²) in [5, 5.41) is 3.59. The Morgan fingerprint density at radius 1 is 1.11 bits per heavy atom. The first kappa shape index (κ1) is 19.2. The van der Waals surface area contributed by atoms with Crippen LogP contribution in [0.4, 0.5) is 0 Å². The van der Waals surface area contributed by atoms with Crippen molar-refractivity contribution in [1.82, 2.24) is 4.98 Å². The third-order valence-electron chi connectivity index (χ3n) is 5.45. The Bertz CT molecular complexity index is 957. The molecule has 1 saturated carbocycles. The Morgan fingerprint density at radius 3 is 2.46 bits per heavy atom. The minimum absolute atomic E-state index is 0.155. The molecule has 0 amide bonds. The Balaban J connectivity index is 1.47. The van der Waals surface area contributed by atoms with Crippen molar-refractivity contribution >= 4 is 28.9 Å². The smallest absolute Gasteiger partial charge is 0.316 e. The molecule has 4 rings (SSSR count). The standard InChI is InChI=1S/C23H22ClNO2S/c1-16-4-6-17(7-5-16)21-25-20(15-28-21)14-27-22(26)23(12-2-3-13-23)18-8-10-19(24)11-9-18/h4-11,15H,2-3,12-14H2,1H3. The second-order valence-electron chi connectivity index (χ2n) is 7.38. The summed E-state index contributed by atoms with van der Waals surface area (Å²) < 4.78 is 5.74. The lowest BCUT2D eigenvalue weighted by Gasteiger charge is -2.27. The van der Waals surface area contributed by atoms with Crippen molar-refractivity contribution in [3.63, 3.8) is 0 Å². The molecule has 0 unspecified atom stereocenters. The van der Waals surface area contributed by atoms with E-state index in [2.05, 4.69) is 36.2 Å². The monoisotopic (exact) mass is 411 g/mol. The lowest BCUT2D eigenvalue weighted by Crippen LogP contribution is -2.34. The number of nitrogens with zero attached hydrogens (tertiary/aromatic N) is 1. The molecule has 3 aromatic rings. The SMILES string of the molecule is Cc1ccc(-c2nc(COC(=O)C3(c4ccc(Cl)cc4)CCCC3)cs2)cc1. The highest BCUT2D eigenvalue weighted by atomic mass is 35.5. The number of aryl methyl sites for hydroxylation is 1. The molecule has 0 radical (unpaired) electrons. The van der Waals surface area contributed by atoms with E-state index in [1.54, 1.807) is 11.3 Å². The van der Waals surface area contributed by atoms with E-state index in [0.717, 1.165) is 47.5 Å². The molecule has 1 fully saturated rings. The van der Waals surface area contributed by atoms with Gasteiger partial charge in [0, 0.05) is 16.0 Å². The molecule has 0 aliphatic heterocycles. The van der Waals surface area contributed by atoms with Crippen LogP contribution in [0.5, 0.6) is 0 Å². The fourth-order valence-corrected chi connectivity index (χ4v) is 4.77. The summed E-state index contributed by atoms with van der Waals surface area (Å²) in [4.78, 5) is 17.7. The van der Waals surface area contributed by atoms with E-state index in [-0.39, 0.29) is 12.6 Å². The first-order valence-electron chi connectivity index (χ1n) is 9.52. The summed E-state index contributed by atoms with van der Waals surface area (Å²) in [5.41, 5.74) is 3.54. The first-order valence-corrected chi connectivity index (χ1v) is 10.8. The number of ether oxygens (including phenoxy) is 1. The Morgan fingerprint density at radius 2 is 1.79 bits per heavy atom. The van der Waals surface area contributed by atoms with E-state index in [1.807, 2.05) is 29.6 Å². The van der Waals surface area contributed by atoms with E-state index in [4.69, 9.17) is 16.3 Å². The van der Waals surface area contributed by atoms with Crippen molar-refractivity contribution in [1.29, 1.82) is 0 Å². The number of hydrogen-bond acceptors (Lipinski definition) is 4. The predicted molar refractivity (Wildman–Crippen MR) is 114 cm³/mol. The molecular weight excluding hydrogens is 390 g/mol. The van der Waals surface area contributed by atoms with Gasteiger partial charge in [-0.1, -0.05) is 66.4 Å². The molecule has 28 heavy (non-hydrogen) atoms. The van der Waals surface area contributed by atoms with Crippen LogP contribution in [0.1, 0.15) is 42.5 Å². The van der Waals surface area contributed by atoms with Crippen LogP contribution in [-0.4, -0.2) is 11.0 Å². The van der Waals surface area contributed by atoms with Gasteiger partial charge in [0.25, 0.3) is 0 Å². The number of thiazole rings is 1. The van der Waals surface area contributed by atoms with Crippen molar-refractivity contribution in [2.75, 3.05) is 0 Å². The van der Waals surface area contributed by atoms with Crippen molar-refractivity contribution in [3.05, 3.63) is 75.8 Å². The minimum Gasteiger partial charge on any atom is -0.458 e. The highest BCUT2D eigenvalue weighted by molar-refractivity contribution is 7.13. The number of esters is 1. The van der Waals surface area contributed by atoms with Gasteiger partial charge in [-0.2, -0.15) is 0 Å². The number of hydrogen-bond donors (Lipinski definition) is 0. The number of benzene rings is 2. The lowest BCUT2D eigenvalue weighted by atomic mass is 9.79. The molecule has 1 aliphatic carbocycles. The van der Waals surface area contributed by atoms with Gasteiger partial charge in [0.05, 0.1) is 11.1 Å². The molecule has 0 spiro atoms. The summed E-state index contributed by atoms with van der Waals surface area (Å²) in [5.74, 6) is -0.155. The molecule has 1 heterocycles. The lowest BCUT2D eigenvalue weighted by molar-refractivity contribution is -0.152. The number of halogens is 1. The van der Waals surface area contributed by atoms with Crippen molar-refractivity contribution in [3.8, 4) is 10.6 Å². The van der Waals surface area contributed by atoms with E-state index in [0.29, 0.717) is 5.02 Å². The molecule has 0 N–H and O–H groups in total. The van der Waals surface area contributed by atoms with E-state index >= 15 is 0 Å². The molecule has 144 valence electrons. The summed E-state index contributed by atoms with van der Waals surface area (Å²) in [6.07, 6.45) is 3.70. The van der Waals surface area contributed by atoms with E-state index < -0.39 is 5.41 Å². The molecule has 0 bridgehead atoms. The van der Waals surface area contributed by atoms with E-state index in [1.165, 1.54) is 5.56 Å². The Kier molecular flexibility index (Phi) is 5.51. The molecular formula is C23H22ClNO2S. The van der Waals surface area contributed by atoms with Gasteiger partial charge in [-0.05, 0) is 37.5 Å². The fourth-order valence-electron chi connectivity index (χ4n) is 3.84.